The summed E-state index contributed by atoms with van der Waals surface area (Å²) in [6, 6.07) is 5.64. The molecule has 1 N–H and O–H groups in total. The standard InChI is InChI=1S/C14H25ClN2S/c1-10(2)17(11(3)4)9-8-16-12(5)13-6-7-14(15)18-13/h6-7,10-12,16H,8-9H2,1-5H3. The minimum Gasteiger partial charge on any atom is -0.308 e. The SMILES string of the molecule is CC(NCCN(C(C)C)C(C)C)c1ccc(Cl)s1. The first-order valence-corrected chi connectivity index (χ1v) is 7.85. The van der Waals surface area contributed by atoms with Crippen LogP contribution in [0.25, 0.3) is 0 Å². The Morgan fingerprint density at radius 2 is 1.78 bits per heavy atom. The molecule has 0 aromatic carbocycles. The molecule has 1 rings (SSSR count). The second-order valence-corrected chi connectivity index (χ2v) is 6.99. The van der Waals surface area contributed by atoms with Crippen LogP contribution >= 0.6 is 22.9 Å². The van der Waals surface area contributed by atoms with Crippen molar-refractivity contribution in [3.8, 4) is 0 Å². The fourth-order valence-electron chi connectivity index (χ4n) is 2.18. The van der Waals surface area contributed by atoms with Gasteiger partial charge < -0.3 is 5.32 Å². The molecule has 0 fully saturated rings. The molecule has 1 atom stereocenters. The van der Waals surface area contributed by atoms with Crippen LogP contribution in [0.1, 0.15) is 45.5 Å². The molecule has 18 heavy (non-hydrogen) atoms. The van der Waals surface area contributed by atoms with Crippen LogP contribution in [0, 0.1) is 0 Å². The summed E-state index contributed by atoms with van der Waals surface area (Å²) in [6.45, 7) is 13.3. The Morgan fingerprint density at radius 3 is 2.22 bits per heavy atom. The summed E-state index contributed by atoms with van der Waals surface area (Å²) in [4.78, 5) is 3.81. The molecule has 0 bridgehead atoms. The van der Waals surface area contributed by atoms with Gasteiger partial charge in [0.2, 0.25) is 0 Å². The third-order valence-corrected chi connectivity index (χ3v) is 4.58. The van der Waals surface area contributed by atoms with Gasteiger partial charge in [-0.15, -0.1) is 11.3 Å². The van der Waals surface area contributed by atoms with E-state index >= 15 is 0 Å². The highest BCUT2D eigenvalue weighted by Gasteiger charge is 2.13. The Kier molecular flexibility index (Phi) is 6.64. The summed E-state index contributed by atoms with van der Waals surface area (Å²) in [5.41, 5.74) is 0. The molecule has 0 spiro atoms. The summed E-state index contributed by atoms with van der Waals surface area (Å²) in [6.07, 6.45) is 0. The van der Waals surface area contributed by atoms with Gasteiger partial charge in [-0.3, -0.25) is 4.90 Å². The van der Waals surface area contributed by atoms with E-state index in [0.717, 1.165) is 17.4 Å². The first-order valence-electron chi connectivity index (χ1n) is 6.66. The van der Waals surface area contributed by atoms with Crippen LogP contribution in [0.2, 0.25) is 4.34 Å². The van der Waals surface area contributed by atoms with Crippen LogP contribution in [0.5, 0.6) is 0 Å². The summed E-state index contributed by atoms with van der Waals surface area (Å²) < 4.78 is 0.865. The molecule has 104 valence electrons. The number of nitrogens with one attached hydrogen (secondary N) is 1. The minimum atomic E-state index is 0.378. The maximum Gasteiger partial charge on any atom is 0.0931 e. The number of halogens is 1. The Labute approximate surface area is 120 Å². The van der Waals surface area contributed by atoms with Crippen molar-refractivity contribution >= 4 is 22.9 Å². The highest BCUT2D eigenvalue weighted by atomic mass is 35.5. The summed E-state index contributed by atoms with van der Waals surface area (Å²) >= 11 is 7.61. The largest absolute Gasteiger partial charge is 0.308 e. The van der Waals surface area contributed by atoms with Crippen LogP contribution in [-0.2, 0) is 0 Å². The van der Waals surface area contributed by atoms with Crippen molar-refractivity contribution in [2.75, 3.05) is 13.1 Å². The van der Waals surface area contributed by atoms with Gasteiger partial charge in [-0.1, -0.05) is 11.6 Å². The van der Waals surface area contributed by atoms with E-state index in [4.69, 9.17) is 11.6 Å². The zero-order valence-corrected chi connectivity index (χ0v) is 13.6. The smallest absolute Gasteiger partial charge is 0.0931 e. The number of hydrogen-bond donors (Lipinski definition) is 1. The fraction of sp³-hybridized carbons (Fsp3) is 0.714. The lowest BCUT2D eigenvalue weighted by Crippen LogP contribution is -2.41. The fourth-order valence-corrected chi connectivity index (χ4v) is 3.27. The minimum absolute atomic E-state index is 0.378. The molecule has 0 radical (unpaired) electrons. The van der Waals surface area contributed by atoms with Crippen LogP contribution in [-0.4, -0.2) is 30.1 Å². The lowest BCUT2D eigenvalue weighted by molar-refractivity contribution is 0.174. The van der Waals surface area contributed by atoms with E-state index in [1.165, 1.54) is 4.88 Å². The summed E-state index contributed by atoms with van der Waals surface area (Å²) in [5, 5.41) is 3.56. The van der Waals surface area contributed by atoms with Crippen LogP contribution < -0.4 is 5.32 Å². The zero-order valence-electron chi connectivity index (χ0n) is 12.0. The normalized spacial score (nSPS) is 13.8. The molecular formula is C14H25ClN2S. The first-order chi connectivity index (χ1) is 8.41. The van der Waals surface area contributed by atoms with Crippen molar-refractivity contribution < 1.29 is 0 Å². The highest BCUT2D eigenvalue weighted by molar-refractivity contribution is 7.16. The molecule has 1 aromatic rings. The second-order valence-electron chi connectivity index (χ2n) is 5.24. The Bertz CT molecular complexity index is 341. The topological polar surface area (TPSA) is 15.3 Å². The Balaban J connectivity index is 2.37. The second kappa shape index (κ2) is 7.49. The van der Waals surface area contributed by atoms with Crippen molar-refractivity contribution in [1.82, 2.24) is 10.2 Å². The molecule has 4 heteroatoms. The monoisotopic (exact) mass is 288 g/mol. The van der Waals surface area contributed by atoms with E-state index < -0.39 is 0 Å². The molecule has 1 heterocycles. The Morgan fingerprint density at radius 1 is 1.17 bits per heavy atom. The number of nitrogens with zero attached hydrogens (tertiary/aromatic N) is 1. The molecule has 0 saturated carbocycles. The molecule has 0 aliphatic rings. The molecule has 0 amide bonds. The van der Waals surface area contributed by atoms with Crippen molar-refractivity contribution in [3.05, 3.63) is 21.3 Å². The molecular weight excluding hydrogens is 264 g/mol. The van der Waals surface area contributed by atoms with Gasteiger partial charge in [0.05, 0.1) is 4.34 Å². The van der Waals surface area contributed by atoms with Gasteiger partial charge in [-0.05, 0) is 46.8 Å². The quantitative estimate of drug-likeness (QED) is 0.810. The maximum atomic E-state index is 5.95. The van der Waals surface area contributed by atoms with Crippen LogP contribution in [0.4, 0.5) is 0 Å². The van der Waals surface area contributed by atoms with Gasteiger partial charge in [0.1, 0.15) is 0 Å². The molecule has 1 aromatic heterocycles. The summed E-state index contributed by atoms with van der Waals surface area (Å²) in [7, 11) is 0. The average molecular weight is 289 g/mol. The average Bonchev–Trinajstić information content (AvgIpc) is 2.69. The van der Waals surface area contributed by atoms with Crippen molar-refractivity contribution in [1.29, 1.82) is 0 Å². The van der Waals surface area contributed by atoms with E-state index in [1.807, 2.05) is 6.07 Å². The zero-order chi connectivity index (χ0) is 13.7. The maximum absolute atomic E-state index is 5.95. The van der Waals surface area contributed by atoms with E-state index in [2.05, 4.69) is 50.9 Å². The van der Waals surface area contributed by atoms with Crippen LogP contribution in [0.15, 0.2) is 12.1 Å². The molecule has 0 saturated heterocycles. The summed E-state index contributed by atoms with van der Waals surface area (Å²) in [5.74, 6) is 0. The van der Waals surface area contributed by atoms with E-state index in [0.29, 0.717) is 18.1 Å². The lowest BCUT2D eigenvalue weighted by Gasteiger charge is -2.31. The highest BCUT2D eigenvalue weighted by Crippen LogP contribution is 2.26. The number of hydrogen-bond acceptors (Lipinski definition) is 3. The van der Waals surface area contributed by atoms with Crippen molar-refractivity contribution in [2.45, 2.75) is 52.7 Å². The van der Waals surface area contributed by atoms with Gasteiger partial charge in [-0.25, -0.2) is 0 Å². The third-order valence-electron chi connectivity index (χ3n) is 3.17. The number of thiophene rings is 1. The van der Waals surface area contributed by atoms with E-state index in [-0.39, 0.29) is 0 Å². The van der Waals surface area contributed by atoms with Gasteiger partial charge in [0.15, 0.2) is 0 Å². The van der Waals surface area contributed by atoms with Gasteiger partial charge >= 0.3 is 0 Å². The molecule has 1 unspecified atom stereocenters. The first kappa shape index (κ1) is 16.0. The predicted molar refractivity (Wildman–Crippen MR) is 82.7 cm³/mol. The van der Waals surface area contributed by atoms with Gasteiger partial charge in [0, 0.05) is 36.1 Å². The van der Waals surface area contributed by atoms with Gasteiger partial charge in [-0.2, -0.15) is 0 Å². The molecule has 2 nitrogen and oxygen atoms in total. The lowest BCUT2D eigenvalue weighted by atomic mass is 10.2. The van der Waals surface area contributed by atoms with Crippen molar-refractivity contribution in [3.63, 3.8) is 0 Å². The van der Waals surface area contributed by atoms with E-state index in [1.54, 1.807) is 11.3 Å². The van der Waals surface area contributed by atoms with Crippen LogP contribution in [0.3, 0.4) is 0 Å². The third kappa shape index (κ3) is 4.88. The van der Waals surface area contributed by atoms with Gasteiger partial charge in [0.25, 0.3) is 0 Å². The number of rotatable bonds is 7. The predicted octanol–water partition coefficient (Wildman–Crippen LogP) is 4.17. The molecule has 0 aliphatic heterocycles. The van der Waals surface area contributed by atoms with Crippen molar-refractivity contribution in [2.24, 2.45) is 0 Å². The van der Waals surface area contributed by atoms with E-state index in [9.17, 15) is 0 Å². The Hall–Kier alpha value is -0.0900. The molecule has 0 aliphatic carbocycles.